The Balaban J connectivity index is 3.38. The highest BCUT2D eigenvalue weighted by molar-refractivity contribution is 4.66. The van der Waals surface area contributed by atoms with Crippen molar-refractivity contribution in [2.24, 2.45) is 0 Å². The Bertz CT molecular complexity index is 128. The first-order chi connectivity index (χ1) is 6.57. The van der Waals surface area contributed by atoms with Gasteiger partial charge in [0.15, 0.2) is 0 Å². The van der Waals surface area contributed by atoms with Crippen LogP contribution in [-0.2, 0) is 9.47 Å². The van der Waals surface area contributed by atoms with Gasteiger partial charge in [0.05, 0.1) is 25.4 Å². The molecule has 0 saturated heterocycles. The van der Waals surface area contributed by atoms with Crippen LogP contribution in [0.4, 0.5) is 0 Å². The Labute approximate surface area is 88.2 Å². The van der Waals surface area contributed by atoms with Gasteiger partial charge < -0.3 is 14.8 Å². The zero-order valence-electron chi connectivity index (χ0n) is 10.2. The standard InChI is InChI=1S/C11H25NO2/c1-6-12-10(4)11(5)14-8-7-13-9(2)3/h9-12H,6-8H2,1-5H3. The van der Waals surface area contributed by atoms with Crippen molar-refractivity contribution in [2.75, 3.05) is 19.8 Å². The van der Waals surface area contributed by atoms with Crippen LogP contribution in [0.15, 0.2) is 0 Å². The molecule has 0 amide bonds. The van der Waals surface area contributed by atoms with Crippen LogP contribution in [0.2, 0.25) is 0 Å². The molecule has 0 heterocycles. The van der Waals surface area contributed by atoms with Gasteiger partial charge in [-0.1, -0.05) is 6.92 Å². The Hall–Kier alpha value is -0.120. The Kier molecular flexibility index (Phi) is 8.14. The van der Waals surface area contributed by atoms with Crippen molar-refractivity contribution in [1.82, 2.24) is 5.32 Å². The summed E-state index contributed by atoms with van der Waals surface area (Å²) in [6.45, 7) is 12.7. The molecule has 0 aromatic carbocycles. The molecule has 86 valence electrons. The highest BCUT2D eigenvalue weighted by Gasteiger charge is 2.10. The molecule has 3 heteroatoms. The van der Waals surface area contributed by atoms with E-state index >= 15 is 0 Å². The molecule has 2 atom stereocenters. The largest absolute Gasteiger partial charge is 0.376 e. The molecule has 0 aliphatic heterocycles. The average Bonchev–Trinajstić information content (AvgIpc) is 2.12. The third-order valence-corrected chi connectivity index (χ3v) is 2.15. The van der Waals surface area contributed by atoms with E-state index in [0.717, 1.165) is 6.54 Å². The van der Waals surface area contributed by atoms with Crippen LogP contribution < -0.4 is 5.32 Å². The molecular weight excluding hydrogens is 178 g/mol. The van der Waals surface area contributed by atoms with Crippen LogP contribution in [0, 0.1) is 0 Å². The number of rotatable bonds is 8. The maximum absolute atomic E-state index is 5.62. The number of likely N-dealkylation sites (N-methyl/N-ethyl adjacent to an activating group) is 1. The van der Waals surface area contributed by atoms with E-state index in [1.165, 1.54) is 0 Å². The predicted molar refractivity (Wildman–Crippen MR) is 59.6 cm³/mol. The molecule has 0 aromatic rings. The minimum absolute atomic E-state index is 0.241. The Morgan fingerprint density at radius 1 is 1.00 bits per heavy atom. The van der Waals surface area contributed by atoms with Crippen molar-refractivity contribution >= 4 is 0 Å². The first-order valence-electron chi connectivity index (χ1n) is 5.54. The number of nitrogens with one attached hydrogen (secondary N) is 1. The lowest BCUT2D eigenvalue weighted by atomic mass is 10.2. The molecule has 0 spiro atoms. The van der Waals surface area contributed by atoms with Crippen LogP contribution in [0.3, 0.4) is 0 Å². The number of hydrogen-bond acceptors (Lipinski definition) is 3. The topological polar surface area (TPSA) is 30.5 Å². The van der Waals surface area contributed by atoms with Crippen LogP contribution in [0.1, 0.15) is 34.6 Å². The van der Waals surface area contributed by atoms with Crippen molar-refractivity contribution in [3.05, 3.63) is 0 Å². The summed E-state index contributed by atoms with van der Waals surface area (Å²) in [6.07, 6.45) is 0.533. The summed E-state index contributed by atoms with van der Waals surface area (Å²) in [6, 6.07) is 0.402. The van der Waals surface area contributed by atoms with Gasteiger partial charge in [-0.05, 0) is 34.2 Å². The molecule has 0 rings (SSSR count). The first kappa shape index (κ1) is 13.9. The minimum atomic E-state index is 0.241. The highest BCUT2D eigenvalue weighted by atomic mass is 16.5. The predicted octanol–water partition coefficient (Wildman–Crippen LogP) is 1.81. The molecule has 0 aromatic heterocycles. The van der Waals surface area contributed by atoms with E-state index in [2.05, 4.69) is 26.1 Å². The third kappa shape index (κ3) is 7.30. The second-order valence-corrected chi connectivity index (χ2v) is 3.84. The molecule has 0 bridgehead atoms. The molecular formula is C11H25NO2. The van der Waals surface area contributed by atoms with E-state index in [1.807, 2.05) is 13.8 Å². The van der Waals surface area contributed by atoms with Crippen LogP contribution >= 0.6 is 0 Å². The van der Waals surface area contributed by atoms with Gasteiger partial charge >= 0.3 is 0 Å². The summed E-state index contributed by atoms with van der Waals surface area (Å²) in [7, 11) is 0. The molecule has 0 radical (unpaired) electrons. The maximum atomic E-state index is 5.62. The lowest BCUT2D eigenvalue weighted by Crippen LogP contribution is -2.37. The first-order valence-corrected chi connectivity index (χ1v) is 5.54. The van der Waals surface area contributed by atoms with E-state index in [9.17, 15) is 0 Å². The third-order valence-electron chi connectivity index (χ3n) is 2.15. The number of ether oxygens (including phenoxy) is 2. The molecule has 3 nitrogen and oxygen atoms in total. The normalized spacial score (nSPS) is 15.9. The van der Waals surface area contributed by atoms with Gasteiger partial charge in [0.25, 0.3) is 0 Å². The summed E-state index contributed by atoms with van der Waals surface area (Å²) in [4.78, 5) is 0. The van der Waals surface area contributed by atoms with E-state index in [1.54, 1.807) is 0 Å². The summed E-state index contributed by atoms with van der Waals surface area (Å²) < 4.78 is 11.0. The SMILES string of the molecule is CCNC(C)C(C)OCCOC(C)C. The van der Waals surface area contributed by atoms with E-state index in [-0.39, 0.29) is 6.10 Å². The molecule has 2 unspecified atom stereocenters. The summed E-state index contributed by atoms with van der Waals surface area (Å²) in [5.41, 5.74) is 0. The van der Waals surface area contributed by atoms with Gasteiger partial charge in [0, 0.05) is 6.04 Å². The van der Waals surface area contributed by atoms with Gasteiger partial charge in [-0.25, -0.2) is 0 Å². The molecule has 14 heavy (non-hydrogen) atoms. The van der Waals surface area contributed by atoms with Gasteiger partial charge in [-0.2, -0.15) is 0 Å². The zero-order valence-corrected chi connectivity index (χ0v) is 10.2. The molecule has 1 N–H and O–H groups in total. The van der Waals surface area contributed by atoms with Crippen molar-refractivity contribution in [3.8, 4) is 0 Å². The maximum Gasteiger partial charge on any atom is 0.0705 e. The second-order valence-electron chi connectivity index (χ2n) is 3.84. The second kappa shape index (κ2) is 8.21. The van der Waals surface area contributed by atoms with E-state index in [4.69, 9.17) is 9.47 Å². The van der Waals surface area contributed by atoms with Crippen LogP contribution in [-0.4, -0.2) is 38.0 Å². The molecule has 0 aliphatic carbocycles. The monoisotopic (exact) mass is 203 g/mol. The minimum Gasteiger partial charge on any atom is -0.376 e. The van der Waals surface area contributed by atoms with Gasteiger partial charge in [-0.3, -0.25) is 0 Å². The van der Waals surface area contributed by atoms with E-state index < -0.39 is 0 Å². The highest BCUT2D eigenvalue weighted by Crippen LogP contribution is 1.98. The molecule has 0 aliphatic rings. The van der Waals surface area contributed by atoms with Crippen molar-refractivity contribution < 1.29 is 9.47 Å². The fraction of sp³-hybridized carbons (Fsp3) is 1.00. The fourth-order valence-corrected chi connectivity index (χ4v) is 1.15. The van der Waals surface area contributed by atoms with E-state index in [0.29, 0.717) is 25.4 Å². The average molecular weight is 203 g/mol. The smallest absolute Gasteiger partial charge is 0.0705 e. The Morgan fingerprint density at radius 3 is 2.07 bits per heavy atom. The summed E-state index contributed by atoms with van der Waals surface area (Å²) in [5, 5.41) is 3.33. The van der Waals surface area contributed by atoms with Gasteiger partial charge in [0.2, 0.25) is 0 Å². The van der Waals surface area contributed by atoms with Crippen molar-refractivity contribution in [1.29, 1.82) is 0 Å². The van der Waals surface area contributed by atoms with Crippen LogP contribution in [0.5, 0.6) is 0 Å². The Morgan fingerprint density at radius 2 is 1.57 bits per heavy atom. The van der Waals surface area contributed by atoms with Gasteiger partial charge in [-0.15, -0.1) is 0 Å². The summed E-state index contributed by atoms with van der Waals surface area (Å²) >= 11 is 0. The lowest BCUT2D eigenvalue weighted by Gasteiger charge is -2.21. The molecule has 0 saturated carbocycles. The van der Waals surface area contributed by atoms with Gasteiger partial charge in [0.1, 0.15) is 0 Å². The summed E-state index contributed by atoms with van der Waals surface area (Å²) in [5.74, 6) is 0. The fourth-order valence-electron chi connectivity index (χ4n) is 1.15. The van der Waals surface area contributed by atoms with Crippen LogP contribution in [0.25, 0.3) is 0 Å². The zero-order chi connectivity index (χ0) is 11.0. The quantitative estimate of drug-likeness (QED) is 0.610. The lowest BCUT2D eigenvalue weighted by molar-refractivity contribution is -0.0161. The van der Waals surface area contributed by atoms with Crippen molar-refractivity contribution in [3.63, 3.8) is 0 Å². The molecule has 0 fully saturated rings. The number of hydrogen-bond donors (Lipinski definition) is 1. The van der Waals surface area contributed by atoms with Crippen molar-refractivity contribution in [2.45, 2.75) is 52.9 Å².